The molecule has 0 aliphatic rings. The van der Waals surface area contributed by atoms with Crippen LogP contribution < -0.4 is 10.0 Å². The highest BCUT2D eigenvalue weighted by Gasteiger charge is 2.18. The summed E-state index contributed by atoms with van der Waals surface area (Å²) >= 11 is 3.29. The first-order valence-electron chi connectivity index (χ1n) is 8.31. The van der Waals surface area contributed by atoms with Crippen LogP contribution >= 0.6 is 15.9 Å². The lowest BCUT2D eigenvalue weighted by molar-refractivity contribution is 0.102. The summed E-state index contributed by atoms with van der Waals surface area (Å²) < 4.78 is 55.2. The van der Waals surface area contributed by atoms with Gasteiger partial charge in [-0.1, -0.05) is 12.1 Å². The van der Waals surface area contributed by atoms with Gasteiger partial charge < -0.3 is 5.32 Å². The van der Waals surface area contributed by atoms with E-state index in [0.717, 1.165) is 17.7 Å². The molecular formula is C20H15BrF2N2O3S. The zero-order chi connectivity index (χ0) is 21.2. The van der Waals surface area contributed by atoms with Crippen molar-refractivity contribution in [2.24, 2.45) is 0 Å². The predicted octanol–water partition coefficient (Wildman–Crippen LogP) is 5.09. The molecule has 0 saturated carbocycles. The number of anilines is 2. The minimum atomic E-state index is -3.98. The lowest BCUT2D eigenvalue weighted by Crippen LogP contribution is -2.16. The van der Waals surface area contributed by atoms with Gasteiger partial charge in [0.1, 0.15) is 11.6 Å². The van der Waals surface area contributed by atoms with E-state index >= 15 is 0 Å². The molecule has 0 aromatic heterocycles. The summed E-state index contributed by atoms with van der Waals surface area (Å²) in [5.74, 6) is -2.45. The molecule has 0 aliphatic carbocycles. The SMILES string of the molecule is Cc1ccc(Br)c(NS(=O)(=O)c2cccc(C(=O)Nc3ccc(F)cc3F)c2)c1. The number of aryl methyl sites for hydroxylation is 1. The molecule has 0 heterocycles. The molecule has 0 saturated heterocycles. The third-order valence-electron chi connectivity index (χ3n) is 3.95. The molecule has 3 aromatic rings. The van der Waals surface area contributed by atoms with Crippen molar-refractivity contribution in [3.63, 3.8) is 0 Å². The Morgan fingerprint density at radius 2 is 1.72 bits per heavy atom. The second kappa shape index (κ2) is 8.30. The maximum absolute atomic E-state index is 13.7. The van der Waals surface area contributed by atoms with Crippen molar-refractivity contribution in [2.75, 3.05) is 10.0 Å². The number of carbonyl (C=O) groups excluding carboxylic acids is 1. The van der Waals surface area contributed by atoms with E-state index < -0.39 is 27.6 Å². The van der Waals surface area contributed by atoms with E-state index in [0.29, 0.717) is 16.2 Å². The standard InChI is InChI=1S/C20H15BrF2N2O3S/c1-12-5-7-16(21)19(9-12)25-29(27,28)15-4-2-3-13(10-15)20(26)24-18-8-6-14(22)11-17(18)23/h2-11,25H,1H3,(H,24,26). The Labute approximate surface area is 174 Å². The second-order valence-corrected chi connectivity index (χ2v) is 8.73. The van der Waals surface area contributed by atoms with E-state index in [2.05, 4.69) is 26.0 Å². The number of carbonyl (C=O) groups is 1. The molecule has 0 aliphatic heterocycles. The van der Waals surface area contributed by atoms with Crippen LogP contribution in [0.5, 0.6) is 0 Å². The van der Waals surface area contributed by atoms with Crippen LogP contribution in [0.1, 0.15) is 15.9 Å². The van der Waals surface area contributed by atoms with Gasteiger partial charge in [-0.2, -0.15) is 0 Å². The van der Waals surface area contributed by atoms with Gasteiger partial charge in [0.05, 0.1) is 16.3 Å². The van der Waals surface area contributed by atoms with E-state index in [9.17, 15) is 22.0 Å². The van der Waals surface area contributed by atoms with Gasteiger partial charge in [-0.05, 0) is 70.9 Å². The number of sulfonamides is 1. The van der Waals surface area contributed by atoms with Crippen LogP contribution in [0.25, 0.3) is 0 Å². The van der Waals surface area contributed by atoms with E-state index in [1.165, 1.54) is 24.3 Å². The van der Waals surface area contributed by atoms with E-state index in [4.69, 9.17) is 0 Å². The minimum Gasteiger partial charge on any atom is -0.319 e. The Bertz CT molecular complexity index is 1200. The lowest BCUT2D eigenvalue weighted by atomic mass is 10.2. The molecule has 2 N–H and O–H groups in total. The molecule has 1 amide bonds. The first-order valence-corrected chi connectivity index (χ1v) is 10.6. The van der Waals surface area contributed by atoms with E-state index in [-0.39, 0.29) is 16.1 Å². The predicted molar refractivity (Wildman–Crippen MR) is 110 cm³/mol. The monoisotopic (exact) mass is 480 g/mol. The zero-order valence-corrected chi connectivity index (χ0v) is 17.4. The average molecular weight is 481 g/mol. The molecule has 0 spiro atoms. The molecule has 5 nitrogen and oxygen atoms in total. The van der Waals surface area contributed by atoms with E-state index in [1.54, 1.807) is 12.1 Å². The van der Waals surface area contributed by atoms with Crippen LogP contribution in [0.4, 0.5) is 20.2 Å². The van der Waals surface area contributed by atoms with Gasteiger partial charge in [0.25, 0.3) is 15.9 Å². The topological polar surface area (TPSA) is 75.3 Å². The first-order chi connectivity index (χ1) is 13.7. The summed E-state index contributed by atoms with van der Waals surface area (Å²) in [7, 11) is -3.98. The molecule has 29 heavy (non-hydrogen) atoms. The second-order valence-electron chi connectivity index (χ2n) is 6.19. The summed E-state index contributed by atoms with van der Waals surface area (Å²) in [6.07, 6.45) is 0. The van der Waals surface area contributed by atoms with Crippen molar-refractivity contribution in [1.82, 2.24) is 0 Å². The molecule has 9 heteroatoms. The van der Waals surface area contributed by atoms with Crippen molar-refractivity contribution < 1.29 is 22.0 Å². The Balaban J connectivity index is 1.86. The Morgan fingerprint density at radius 3 is 2.45 bits per heavy atom. The van der Waals surface area contributed by atoms with Gasteiger partial charge in [-0.3, -0.25) is 9.52 Å². The highest BCUT2D eigenvalue weighted by molar-refractivity contribution is 9.10. The smallest absolute Gasteiger partial charge is 0.261 e. The third kappa shape index (κ3) is 4.99. The fourth-order valence-corrected chi connectivity index (χ4v) is 4.10. The Hall–Kier alpha value is -2.78. The summed E-state index contributed by atoms with van der Waals surface area (Å²) in [5.41, 5.74) is 1.000. The van der Waals surface area contributed by atoms with Crippen molar-refractivity contribution in [3.8, 4) is 0 Å². The van der Waals surface area contributed by atoms with Crippen LogP contribution in [-0.4, -0.2) is 14.3 Å². The molecular weight excluding hydrogens is 466 g/mol. The molecule has 0 radical (unpaired) electrons. The van der Waals surface area contributed by atoms with Crippen LogP contribution in [0, 0.1) is 18.6 Å². The normalized spacial score (nSPS) is 11.2. The number of rotatable bonds is 5. The molecule has 0 atom stereocenters. The fourth-order valence-electron chi connectivity index (χ4n) is 2.51. The quantitative estimate of drug-likeness (QED) is 0.533. The number of amides is 1. The lowest BCUT2D eigenvalue weighted by Gasteiger charge is -2.12. The number of hydrogen-bond acceptors (Lipinski definition) is 3. The molecule has 3 rings (SSSR count). The van der Waals surface area contributed by atoms with Crippen molar-refractivity contribution >= 4 is 43.2 Å². The van der Waals surface area contributed by atoms with Gasteiger partial charge in [-0.25, -0.2) is 17.2 Å². The third-order valence-corrected chi connectivity index (χ3v) is 6.01. The molecule has 150 valence electrons. The Morgan fingerprint density at radius 1 is 0.966 bits per heavy atom. The van der Waals surface area contributed by atoms with Crippen LogP contribution in [0.3, 0.4) is 0 Å². The van der Waals surface area contributed by atoms with Gasteiger partial charge >= 0.3 is 0 Å². The maximum atomic E-state index is 13.7. The van der Waals surface area contributed by atoms with E-state index in [1.807, 2.05) is 13.0 Å². The Kier molecular flexibility index (Phi) is 5.99. The number of halogens is 3. The summed E-state index contributed by atoms with van der Waals surface area (Å²) in [6, 6.07) is 13.2. The molecule has 0 unspecified atom stereocenters. The van der Waals surface area contributed by atoms with Crippen LogP contribution in [-0.2, 0) is 10.0 Å². The summed E-state index contributed by atoms with van der Waals surface area (Å²) in [4.78, 5) is 12.3. The van der Waals surface area contributed by atoms with Gasteiger partial charge in [0.2, 0.25) is 0 Å². The van der Waals surface area contributed by atoms with Gasteiger partial charge in [0.15, 0.2) is 0 Å². The number of hydrogen-bond donors (Lipinski definition) is 2. The van der Waals surface area contributed by atoms with Gasteiger partial charge in [-0.15, -0.1) is 0 Å². The van der Waals surface area contributed by atoms with Crippen molar-refractivity contribution in [3.05, 3.63) is 87.9 Å². The highest BCUT2D eigenvalue weighted by atomic mass is 79.9. The summed E-state index contributed by atoms with van der Waals surface area (Å²) in [5, 5.41) is 2.30. The van der Waals surface area contributed by atoms with Crippen LogP contribution in [0.2, 0.25) is 0 Å². The van der Waals surface area contributed by atoms with Crippen LogP contribution in [0.15, 0.2) is 70.0 Å². The molecule has 3 aromatic carbocycles. The fraction of sp³-hybridized carbons (Fsp3) is 0.0500. The molecule has 0 fully saturated rings. The van der Waals surface area contributed by atoms with Crippen molar-refractivity contribution in [1.29, 1.82) is 0 Å². The number of nitrogens with one attached hydrogen (secondary N) is 2. The maximum Gasteiger partial charge on any atom is 0.261 e. The first kappa shape index (κ1) is 20.9. The zero-order valence-electron chi connectivity index (χ0n) is 15.0. The minimum absolute atomic E-state index is 0.0000853. The highest BCUT2D eigenvalue weighted by Crippen LogP contribution is 2.26. The average Bonchev–Trinajstić information content (AvgIpc) is 2.67. The van der Waals surface area contributed by atoms with Crippen molar-refractivity contribution in [2.45, 2.75) is 11.8 Å². The number of benzene rings is 3. The summed E-state index contributed by atoms with van der Waals surface area (Å²) in [6.45, 7) is 1.82. The molecule has 0 bridgehead atoms. The largest absolute Gasteiger partial charge is 0.319 e. The van der Waals surface area contributed by atoms with Gasteiger partial charge in [0, 0.05) is 16.1 Å².